The van der Waals surface area contributed by atoms with Crippen molar-refractivity contribution in [1.82, 2.24) is 9.55 Å². The molecule has 0 amide bonds. The maximum atomic E-state index is 12.3. The lowest BCUT2D eigenvalue weighted by Gasteiger charge is -2.38. The van der Waals surface area contributed by atoms with Crippen LogP contribution in [0.25, 0.3) is 0 Å². The molecule has 1 aliphatic rings. The van der Waals surface area contributed by atoms with Gasteiger partial charge < -0.3 is 20.1 Å². The van der Waals surface area contributed by atoms with Crippen molar-refractivity contribution < 1.29 is 29.6 Å². The molecular formula is C13H16N2O8. The Labute approximate surface area is 129 Å². The summed E-state index contributed by atoms with van der Waals surface area (Å²) < 4.78 is 5.80. The fraction of sp³-hybridized carbons (Fsp3) is 0.538. The minimum atomic E-state index is -2.83. The van der Waals surface area contributed by atoms with Crippen LogP contribution in [0.2, 0.25) is 0 Å². The standard InChI is InChI=1S/C13H16N2O8/c1-6(17)12(22)10(20)8(5-16)23-13(12,7(2)18)15-4-3-9(19)14-11(15)21/h3-4,8,10,16,20,22H,5H2,1-2H3,(H,14,19,21)/t8-,10-,12-,13-/m1/s1. The first-order valence-corrected chi connectivity index (χ1v) is 6.66. The second-order valence-corrected chi connectivity index (χ2v) is 5.29. The lowest BCUT2D eigenvalue weighted by molar-refractivity contribution is -0.201. The summed E-state index contributed by atoms with van der Waals surface area (Å²) in [7, 11) is 0. The van der Waals surface area contributed by atoms with Gasteiger partial charge in [-0.25, -0.2) is 4.79 Å². The minimum absolute atomic E-state index is 0.525. The molecule has 1 aromatic heterocycles. The molecule has 2 heterocycles. The van der Waals surface area contributed by atoms with E-state index in [4.69, 9.17) is 4.74 Å². The molecule has 23 heavy (non-hydrogen) atoms. The third-order valence-electron chi connectivity index (χ3n) is 3.98. The molecule has 1 aromatic rings. The molecule has 0 spiro atoms. The summed E-state index contributed by atoms with van der Waals surface area (Å²) in [5.74, 6) is -2.02. The van der Waals surface area contributed by atoms with Crippen LogP contribution in [0, 0.1) is 0 Å². The van der Waals surface area contributed by atoms with Crippen molar-refractivity contribution in [3.63, 3.8) is 0 Å². The number of nitrogens with zero attached hydrogens (tertiary/aromatic N) is 1. The molecule has 2 rings (SSSR count). The molecule has 0 saturated carbocycles. The van der Waals surface area contributed by atoms with Gasteiger partial charge in [-0.15, -0.1) is 0 Å². The van der Waals surface area contributed by atoms with Gasteiger partial charge in [0.25, 0.3) is 5.56 Å². The SMILES string of the molecule is CC(=O)[C@@]1(O)[C@H](O)[C@@H](CO)O[C@@]1(C(C)=O)n1ccc(=O)[nH]c1=O. The molecule has 1 aliphatic heterocycles. The Bertz CT molecular complexity index is 768. The Morgan fingerprint density at radius 3 is 2.39 bits per heavy atom. The quantitative estimate of drug-likeness (QED) is 0.451. The van der Waals surface area contributed by atoms with Crippen LogP contribution in [0.3, 0.4) is 0 Å². The number of aromatic amines is 1. The molecule has 1 fully saturated rings. The van der Waals surface area contributed by atoms with E-state index in [-0.39, 0.29) is 0 Å². The normalized spacial score (nSPS) is 33.6. The van der Waals surface area contributed by atoms with Crippen LogP contribution in [0.4, 0.5) is 0 Å². The summed E-state index contributed by atoms with van der Waals surface area (Å²) in [6, 6.07) is 0.884. The van der Waals surface area contributed by atoms with E-state index < -0.39 is 53.0 Å². The third kappa shape index (κ3) is 2.10. The molecule has 0 aliphatic carbocycles. The molecule has 1 saturated heterocycles. The van der Waals surface area contributed by atoms with Crippen molar-refractivity contribution in [3.8, 4) is 0 Å². The average Bonchev–Trinajstić information content (AvgIpc) is 2.70. The van der Waals surface area contributed by atoms with Crippen molar-refractivity contribution in [2.45, 2.75) is 37.4 Å². The van der Waals surface area contributed by atoms with Gasteiger partial charge in [0.2, 0.25) is 11.3 Å². The van der Waals surface area contributed by atoms with Gasteiger partial charge in [0, 0.05) is 12.3 Å². The van der Waals surface area contributed by atoms with Gasteiger partial charge in [-0.3, -0.25) is 23.9 Å². The number of Topliss-reactive ketones (excluding diaryl/α,β-unsaturated/α-hetero) is 2. The third-order valence-corrected chi connectivity index (χ3v) is 3.98. The summed E-state index contributed by atoms with van der Waals surface area (Å²) in [6.07, 6.45) is -2.59. The van der Waals surface area contributed by atoms with E-state index in [0.717, 1.165) is 26.1 Å². The highest BCUT2D eigenvalue weighted by molar-refractivity contribution is 5.97. The Hall–Kier alpha value is -2.14. The number of aromatic nitrogens is 2. The Kier molecular flexibility index (Phi) is 4.11. The van der Waals surface area contributed by atoms with Gasteiger partial charge in [-0.1, -0.05) is 0 Å². The summed E-state index contributed by atoms with van der Waals surface area (Å²) in [5.41, 5.74) is -7.34. The van der Waals surface area contributed by atoms with Crippen LogP contribution in [0.1, 0.15) is 13.8 Å². The van der Waals surface area contributed by atoms with Crippen LogP contribution in [-0.2, 0) is 20.1 Å². The second kappa shape index (κ2) is 5.49. The number of carbonyl (C=O) groups is 2. The van der Waals surface area contributed by atoms with Crippen molar-refractivity contribution in [1.29, 1.82) is 0 Å². The predicted molar refractivity (Wildman–Crippen MR) is 73.6 cm³/mol. The number of hydrogen-bond acceptors (Lipinski definition) is 8. The zero-order chi connectivity index (χ0) is 17.6. The topological polar surface area (TPSA) is 159 Å². The van der Waals surface area contributed by atoms with Gasteiger partial charge in [0.05, 0.1) is 6.61 Å². The van der Waals surface area contributed by atoms with Crippen LogP contribution in [0.5, 0.6) is 0 Å². The van der Waals surface area contributed by atoms with E-state index in [2.05, 4.69) is 0 Å². The second-order valence-electron chi connectivity index (χ2n) is 5.29. The van der Waals surface area contributed by atoms with E-state index >= 15 is 0 Å². The van der Waals surface area contributed by atoms with Gasteiger partial charge in [-0.05, 0) is 13.8 Å². The minimum Gasteiger partial charge on any atom is -0.394 e. The zero-order valence-corrected chi connectivity index (χ0v) is 12.3. The summed E-state index contributed by atoms with van der Waals surface area (Å²) in [5, 5.41) is 30.2. The van der Waals surface area contributed by atoms with Crippen LogP contribution >= 0.6 is 0 Å². The van der Waals surface area contributed by atoms with Gasteiger partial charge in [-0.2, -0.15) is 0 Å². The number of aliphatic hydroxyl groups excluding tert-OH is 2. The molecule has 0 aromatic carbocycles. The molecule has 0 radical (unpaired) electrons. The Morgan fingerprint density at radius 2 is 1.96 bits per heavy atom. The summed E-state index contributed by atoms with van der Waals surface area (Å²) in [6.45, 7) is 1.03. The molecule has 10 heteroatoms. The first-order chi connectivity index (χ1) is 10.6. The van der Waals surface area contributed by atoms with Crippen molar-refractivity contribution in [2.24, 2.45) is 0 Å². The lowest BCUT2D eigenvalue weighted by atomic mass is 9.80. The molecule has 4 N–H and O–H groups in total. The van der Waals surface area contributed by atoms with Crippen molar-refractivity contribution >= 4 is 11.6 Å². The lowest BCUT2D eigenvalue weighted by Crippen LogP contribution is -2.67. The monoisotopic (exact) mass is 328 g/mol. The first kappa shape index (κ1) is 17.2. The number of hydrogen-bond donors (Lipinski definition) is 4. The van der Waals surface area contributed by atoms with E-state index in [9.17, 15) is 34.5 Å². The number of carbonyl (C=O) groups excluding carboxylic acids is 2. The highest BCUT2D eigenvalue weighted by Gasteiger charge is 2.71. The van der Waals surface area contributed by atoms with E-state index in [0.29, 0.717) is 4.57 Å². The largest absolute Gasteiger partial charge is 0.394 e. The number of H-pyrrole nitrogens is 1. The summed E-state index contributed by atoms with van der Waals surface area (Å²) >= 11 is 0. The molecule has 126 valence electrons. The zero-order valence-electron chi connectivity index (χ0n) is 12.3. The molecule has 0 unspecified atom stereocenters. The number of ketones is 2. The summed E-state index contributed by atoms with van der Waals surface area (Å²) in [4.78, 5) is 49.4. The van der Waals surface area contributed by atoms with Crippen molar-refractivity contribution in [3.05, 3.63) is 33.1 Å². The van der Waals surface area contributed by atoms with Gasteiger partial charge in [0.1, 0.15) is 12.2 Å². The molecule has 4 atom stereocenters. The van der Waals surface area contributed by atoms with Crippen LogP contribution < -0.4 is 11.2 Å². The fourth-order valence-corrected chi connectivity index (χ4v) is 2.85. The van der Waals surface area contributed by atoms with Gasteiger partial charge in [0.15, 0.2) is 11.6 Å². The Morgan fingerprint density at radius 1 is 1.35 bits per heavy atom. The van der Waals surface area contributed by atoms with Gasteiger partial charge >= 0.3 is 5.69 Å². The van der Waals surface area contributed by atoms with E-state index in [1.54, 1.807) is 0 Å². The highest BCUT2D eigenvalue weighted by atomic mass is 16.6. The fourth-order valence-electron chi connectivity index (χ4n) is 2.85. The van der Waals surface area contributed by atoms with E-state index in [1.807, 2.05) is 4.98 Å². The number of nitrogens with one attached hydrogen (secondary N) is 1. The molecule has 10 nitrogen and oxygen atoms in total. The smallest absolute Gasteiger partial charge is 0.331 e. The molecule has 0 bridgehead atoms. The average molecular weight is 328 g/mol. The van der Waals surface area contributed by atoms with Crippen LogP contribution in [-0.4, -0.2) is 60.9 Å². The maximum absolute atomic E-state index is 12.3. The van der Waals surface area contributed by atoms with Crippen molar-refractivity contribution in [2.75, 3.05) is 6.61 Å². The first-order valence-electron chi connectivity index (χ1n) is 6.66. The highest BCUT2D eigenvalue weighted by Crippen LogP contribution is 2.44. The number of aliphatic hydroxyl groups is 3. The number of rotatable bonds is 4. The number of ether oxygens (including phenoxy) is 1. The Balaban J connectivity index is 2.87. The maximum Gasteiger partial charge on any atom is 0.331 e. The van der Waals surface area contributed by atoms with E-state index in [1.165, 1.54) is 0 Å². The van der Waals surface area contributed by atoms with Crippen LogP contribution in [0.15, 0.2) is 21.9 Å². The predicted octanol–water partition coefficient (Wildman–Crippen LogP) is -3.15. The molecular weight excluding hydrogens is 312 g/mol.